The first kappa shape index (κ1) is 19.6. The fraction of sp³-hybridized carbons (Fsp3) is 0.300. The minimum atomic E-state index is -0.625. The van der Waals surface area contributed by atoms with Crippen LogP contribution in [0.1, 0.15) is 30.0 Å². The van der Waals surface area contributed by atoms with Gasteiger partial charge >= 0.3 is 0 Å². The number of halogens is 1. The number of nitrogens with two attached hydrogens (primary N) is 1. The topological polar surface area (TPSA) is 115 Å². The number of aryl methyl sites for hydroxylation is 1. The van der Waals surface area contributed by atoms with Gasteiger partial charge in [0.25, 0.3) is 5.88 Å². The molecule has 154 valence electrons. The zero-order valence-corrected chi connectivity index (χ0v) is 16.8. The molecule has 0 spiro atoms. The van der Waals surface area contributed by atoms with Crippen molar-refractivity contribution in [2.45, 2.75) is 19.4 Å². The van der Waals surface area contributed by atoms with E-state index in [0.29, 0.717) is 46.9 Å². The molecule has 2 N–H and O–H groups in total. The number of fused-ring (bicyclic) bond motifs is 5. The highest BCUT2D eigenvalue weighted by atomic mass is 19.1. The molecule has 0 saturated carbocycles. The molecule has 1 atom stereocenters. The molecule has 0 amide bonds. The Labute approximate surface area is 172 Å². The van der Waals surface area contributed by atoms with Crippen LogP contribution in [-0.2, 0) is 13.5 Å². The molecule has 3 heterocycles. The van der Waals surface area contributed by atoms with Crippen LogP contribution < -0.4 is 15.3 Å². The Kier molecular flexibility index (Phi) is 4.97. The first-order valence-corrected chi connectivity index (χ1v) is 9.31. The standard InChI is InChI=1S/C20H20FN7O2/c1-11-13-8-12(21)4-5-17(13)30-27(2)7-6-14-18(16(9-22)28(3)26-14)15-10-24-19(23)20(25-15)29-11/h4-5,8,10-11H,6-7H2,1-3H3,(H2,23,24). The van der Waals surface area contributed by atoms with Gasteiger partial charge in [-0.15, -0.1) is 5.06 Å². The molecule has 9 nitrogen and oxygen atoms in total. The predicted molar refractivity (Wildman–Crippen MR) is 106 cm³/mol. The fourth-order valence-electron chi connectivity index (χ4n) is 3.37. The Hall–Kier alpha value is -3.71. The third kappa shape index (κ3) is 3.51. The summed E-state index contributed by atoms with van der Waals surface area (Å²) < 4.78 is 21.4. The van der Waals surface area contributed by atoms with Crippen LogP contribution in [0, 0.1) is 17.1 Å². The van der Waals surface area contributed by atoms with Gasteiger partial charge in [0.15, 0.2) is 11.6 Å². The normalized spacial score (nSPS) is 16.6. The van der Waals surface area contributed by atoms with Crippen molar-refractivity contribution in [3.8, 4) is 29.0 Å². The number of hydrogen-bond donors (Lipinski definition) is 1. The molecular weight excluding hydrogens is 389 g/mol. The smallest absolute Gasteiger partial charge is 0.258 e. The van der Waals surface area contributed by atoms with Crippen LogP contribution in [0.2, 0.25) is 0 Å². The summed E-state index contributed by atoms with van der Waals surface area (Å²) in [6.45, 7) is 2.21. The summed E-state index contributed by atoms with van der Waals surface area (Å²) in [4.78, 5) is 14.6. The molecule has 0 radical (unpaired) electrons. The average Bonchev–Trinajstić information content (AvgIpc) is 3.04. The number of anilines is 1. The van der Waals surface area contributed by atoms with Crippen molar-refractivity contribution in [1.82, 2.24) is 24.8 Å². The van der Waals surface area contributed by atoms with Gasteiger partial charge in [0.2, 0.25) is 0 Å². The van der Waals surface area contributed by atoms with Crippen LogP contribution in [0.25, 0.3) is 11.3 Å². The van der Waals surface area contributed by atoms with Crippen molar-refractivity contribution in [3.05, 3.63) is 47.2 Å². The van der Waals surface area contributed by atoms with Gasteiger partial charge in [0.05, 0.1) is 23.1 Å². The summed E-state index contributed by atoms with van der Waals surface area (Å²) in [5, 5.41) is 15.7. The molecule has 10 heteroatoms. The molecule has 4 rings (SSSR count). The van der Waals surface area contributed by atoms with Crippen molar-refractivity contribution >= 4 is 5.82 Å². The zero-order valence-electron chi connectivity index (χ0n) is 16.8. The van der Waals surface area contributed by atoms with Gasteiger partial charge in [-0.1, -0.05) is 0 Å². The summed E-state index contributed by atoms with van der Waals surface area (Å²) in [7, 11) is 3.47. The molecule has 30 heavy (non-hydrogen) atoms. The first-order chi connectivity index (χ1) is 14.4. The lowest BCUT2D eigenvalue weighted by Gasteiger charge is -2.22. The Bertz CT molecular complexity index is 1150. The molecule has 0 aliphatic carbocycles. The Morgan fingerprint density at radius 1 is 1.33 bits per heavy atom. The minimum Gasteiger partial charge on any atom is -0.467 e. The van der Waals surface area contributed by atoms with Crippen LogP contribution in [0.4, 0.5) is 10.2 Å². The molecule has 0 fully saturated rings. The van der Waals surface area contributed by atoms with Gasteiger partial charge in [-0.25, -0.2) is 14.4 Å². The van der Waals surface area contributed by atoms with Crippen LogP contribution in [0.3, 0.4) is 0 Å². The van der Waals surface area contributed by atoms with Crippen molar-refractivity contribution in [2.75, 3.05) is 19.3 Å². The Morgan fingerprint density at radius 3 is 2.90 bits per heavy atom. The van der Waals surface area contributed by atoms with Crippen LogP contribution in [0.15, 0.2) is 24.4 Å². The summed E-state index contributed by atoms with van der Waals surface area (Å²) in [6.07, 6.45) is 1.35. The van der Waals surface area contributed by atoms with Crippen LogP contribution >= 0.6 is 0 Å². The van der Waals surface area contributed by atoms with Crippen LogP contribution in [-0.4, -0.2) is 38.4 Å². The molecular formula is C20H20FN7O2. The molecule has 2 bridgehead atoms. The zero-order chi connectivity index (χ0) is 21.4. The quantitative estimate of drug-likeness (QED) is 0.602. The number of aromatic nitrogens is 4. The molecule has 1 unspecified atom stereocenters. The Morgan fingerprint density at radius 2 is 2.13 bits per heavy atom. The van der Waals surface area contributed by atoms with E-state index in [0.717, 1.165) is 0 Å². The number of likely N-dealkylation sites (N-methyl/N-ethyl adjacent to an activating group) is 1. The Balaban J connectivity index is 1.88. The molecule has 2 aromatic heterocycles. The fourth-order valence-corrected chi connectivity index (χ4v) is 3.37. The SMILES string of the molecule is CC1Oc2nc(cnc2N)-c2c(nn(C)c2C#N)CCN(C)Oc2ccc(F)cc21. The van der Waals surface area contributed by atoms with E-state index in [2.05, 4.69) is 21.1 Å². The number of ether oxygens (including phenoxy) is 1. The van der Waals surface area contributed by atoms with Gasteiger partial charge in [-0.05, 0) is 25.1 Å². The lowest BCUT2D eigenvalue weighted by Crippen LogP contribution is -2.26. The van der Waals surface area contributed by atoms with Gasteiger partial charge in [-0.3, -0.25) is 4.68 Å². The summed E-state index contributed by atoms with van der Waals surface area (Å²) >= 11 is 0. The van der Waals surface area contributed by atoms with E-state index < -0.39 is 11.9 Å². The summed E-state index contributed by atoms with van der Waals surface area (Å²) in [5.41, 5.74) is 8.50. The van der Waals surface area contributed by atoms with Gasteiger partial charge in [0.1, 0.15) is 23.7 Å². The van der Waals surface area contributed by atoms with Gasteiger partial charge in [0, 0.05) is 32.6 Å². The number of nitriles is 1. The lowest BCUT2D eigenvalue weighted by molar-refractivity contribution is -0.0329. The molecule has 1 aromatic carbocycles. The average molecular weight is 409 g/mol. The maximum absolute atomic E-state index is 13.9. The highest BCUT2D eigenvalue weighted by molar-refractivity contribution is 5.69. The minimum absolute atomic E-state index is 0.0837. The largest absolute Gasteiger partial charge is 0.467 e. The van der Waals surface area contributed by atoms with E-state index >= 15 is 0 Å². The second kappa shape index (κ2) is 7.61. The number of rotatable bonds is 0. The molecule has 1 aliphatic rings. The van der Waals surface area contributed by atoms with Crippen molar-refractivity contribution in [1.29, 1.82) is 5.26 Å². The summed E-state index contributed by atoms with van der Waals surface area (Å²) in [6, 6.07) is 6.39. The van der Waals surface area contributed by atoms with E-state index in [9.17, 15) is 9.65 Å². The molecule has 0 saturated heterocycles. The lowest BCUT2D eigenvalue weighted by atomic mass is 10.1. The van der Waals surface area contributed by atoms with Crippen molar-refractivity contribution < 1.29 is 14.0 Å². The number of nitrogens with zero attached hydrogens (tertiary/aromatic N) is 6. The second-order valence-electron chi connectivity index (χ2n) is 6.99. The third-order valence-electron chi connectivity index (χ3n) is 4.86. The van der Waals surface area contributed by atoms with Gasteiger partial charge < -0.3 is 15.3 Å². The molecule has 1 aliphatic heterocycles. The van der Waals surface area contributed by atoms with E-state index in [1.165, 1.54) is 23.0 Å². The van der Waals surface area contributed by atoms with E-state index in [1.54, 1.807) is 32.1 Å². The maximum atomic E-state index is 13.9. The monoisotopic (exact) mass is 409 g/mol. The van der Waals surface area contributed by atoms with Crippen molar-refractivity contribution in [3.63, 3.8) is 0 Å². The maximum Gasteiger partial charge on any atom is 0.258 e. The van der Waals surface area contributed by atoms with E-state index in [1.807, 2.05) is 0 Å². The van der Waals surface area contributed by atoms with Crippen LogP contribution in [0.5, 0.6) is 11.6 Å². The highest BCUT2D eigenvalue weighted by Gasteiger charge is 2.24. The number of benzene rings is 1. The highest BCUT2D eigenvalue weighted by Crippen LogP contribution is 2.34. The number of nitrogen functional groups attached to an aromatic ring is 1. The van der Waals surface area contributed by atoms with E-state index in [-0.39, 0.29) is 11.7 Å². The second-order valence-corrected chi connectivity index (χ2v) is 6.99. The summed E-state index contributed by atoms with van der Waals surface area (Å²) in [5.74, 6) is 0.206. The predicted octanol–water partition coefficient (Wildman–Crippen LogP) is 2.39. The van der Waals surface area contributed by atoms with Gasteiger partial charge in [-0.2, -0.15) is 10.4 Å². The van der Waals surface area contributed by atoms with E-state index in [4.69, 9.17) is 15.3 Å². The number of hydroxylamine groups is 2. The first-order valence-electron chi connectivity index (χ1n) is 9.31. The van der Waals surface area contributed by atoms with Crippen molar-refractivity contribution in [2.24, 2.45) is 7.05 Å². The number of hydrogen-bond acceptors (Lipinski definition) is 8. The third-order valence-corrected chi connectivity index (χ3v) is 4.86. The molecule has 3 aromatic rings.